The van der Waals surface area contributed by atoms with Gasteiger partial charge in [0.25, 0.3) is 0 Å². The molecule has 0 aromatic heterocycles. The molecule has 2 unspecified atom stereocenters. The van der Waals surface area contributed by atoms with Crippen LogP contribution in [0.15, 0.2) is 54.6 Å². The number of ether oxygens (including phenoxy) is 1. The number of hydrogen-bond donors (Lipinski definition) is 1. The van der Waals surface area contributed by atoms with Crippen molar-refractivity contribution in [2.45, 2.75) is 12.1 Å². The van der Waals surface area contributed by atoms with Crippen molar-refractivity contribution >= 4 is 25.6 Å². The summed E-state index contributed by atoms with van der Waals surface area (Å²) in [5.74, 6) is 0.379. The molecule has 7 nitrogen and oxygen atoms in total. The van der Waals surface area contributed by atoms with Gasteiger partial charge >= 0.3 is 13.8 Å². The first-order valence-electron chi connectivity index (χ1n) is 7.78. The quantitative estimate of drug-likeness (QED) is 0.466. The molecule has 2 aliphatic heterocycles. The normalized spacial score (nSPS) is 25.2. The van der Waals surface area contributed by atoms with Crippen LogP contribution in [0, 0.1) is 0 Å². The van der Waals surface area contributed by atoms with Crippen molar-refractivity contribution in [2.75, 3.05) is 12.0 Å². The standard InChI is InChI=1S/C17H18NO6PS/c1-26-12-11-17(18)16(19)21-13-7-9-15(10-8-13)23-25(20,24-17)22-14-5-3-2-4-6-14/h2-10H,11-12,18H2,1H3. The lowest BCUT2D eigenvalue weighted by atomic mass is 10.2. The fourth-order valence-electron chi connectivity index (χ4n) is 2.20. The van der Waals surface area contributed by atoms with E-state index < -0.39 is 19.5 Å². The van der Waals surface area contributed by atoms with Gasteiger partial charge in [0, 0.05) is 6.42 Å². The van der Waals surface area contributed by atoms with Crippen LogP contribution in [0.2, 0.25) is 0 Å². The van der Waals surface area contributed by atoms with Gasteiger partial charge in [0.2, 0.25) is 5.72 Å². The number of benzene rings is 2. The summed E-state index contributed by atoms with van der Waals surface area (Å²) < 4.78 is 35.0. The summed E-state index contributed by atoms with van der Waals surface area (Å²) in [6, 6.07) is 14.4. The molecule has 0 aliphatic carbocycles. The number of thioether (sulfide) groups is 1. The molecule has 9 heteroatoms. The van der Waals surface area contributed by atoms with Crippen molar-refractivity contribution in [2.24, 2.45) is 5.73 Å². The third-order valence-corrected chi connectivity index (χ3v) is 5.54. The summed E-state index contributed by atoms with van der Waals surface area (Å²) in [4.78, 5) is 12.6. The Kier molecular flexibility index (Phi) is 5.58. The second-order valence-electron chi connectivity index (χ2n) is 5.53. The molecule has 2 atom stereocenters. The fourth-order valence-corrected chi connectivity index (χ4v) is 4.14. The molecule has 2 bridgehead atoms. The van der Waals surface area contributed by atoms with E-state index in [2.05, 4.69) is 0 Å². The molecule has 0 amide bonds. The molecule has 0 saturated carbocycles. The molecule has 2 N–H and O–H groups in total. The van der Waals surface area contributed by atoms with Crippen LogP contribution in [-0.4, -0.2) is 23.7 Å². The summed E-state index contributed by atoms with van der Waals surface area (Å²) >= 11 is 1.46. The lowest BCUT2D eigenvalue weighted by molar-refractivity contribution is -0.153. The number of fused-ring (bicyclic) bond motifs is 7. The molecule has 4 rings (SSSR count). The van der Waals surface area contributed by atoms with Crippen molar-refractivity contribution in [1.82, 2.24) is 0 Å². The second-order valence-corrected chi connectivity index (χ2v) is 7.96. The van der Waals surface area contributed by atoms with E-state index in [0.717, 1.165) is 0 Å². The molecule has 2 aliphatic rings. The Morgan fingerprint density at radius 2 is 1.77 bits per heavy atom. The van der Waals surface area contributed by atoms with E-state index in [1.165, 1.54) is 36.0 Å². The highest BCUT2D eigenvalue weighted by Crippen LogP contribution is 2.53. The van der Waals surface area contributed by atoms with Crippen molar-refractivity contribution in [3.05, 3.63) is 54.6 Å². The number of rotatable bonds is 5. The van der Waals surface area contributed by atoms with Gasteiger partial charge in [0.1, 0.15) is 17.2 Å². The van der Waals surface area contributed by atoms with Gasteiger partial charge in [-0.2, -0.15) is 11.8 Å². The minimum Gasteiger partial charge on any atom is -0.423 e. The Bertz CT molecular complexity index is 816. The fraction of sp³-hybridized carbons (Fsp3) is 0.235. The number of nitrogens with two attached hydrogens (primary N) is 1. The zero-order chi connectivity index (χ0) is 18.6. The molecule has 0 spiro atoms. The SMILES string of the molecule is CSCCC1(N)OP(=O)(Oc2ccccc2)Oc2ccc(cc2)OC1=O. The highest BCUT2D eigenvalue weighted by Gasteiger charge is 2.48. The molecule has 0 saturated heterocycles. The zero-order valence-electron chi connectivity index (χ0n) is 14.0. The Morgan fingerprint density at radius 1 is 1.12 bits per heavy atom. The Morgan fingerprint density at radius 3 is 2.42 bits per heavy atom. The number of carbonyl (C=O) groups excluding carboxylic acids is 1. The molecule has 0 radical (unpaired) electrons. The van der Waals surface area contributed by atoms with Gasteiger partial charge in [0.05, 0.1) is 0 Å². The van der Waals surface area contributed by atoms with Gasteiger partial charge in [0.15, 0.2) is 0 Å². The third-order valence-electron chi connectivity index (χ3n) is 3.51. The smallest absolute Gasteiger partial charge is 0.423 e. The van der Waals surface area contributed by atoms with Crippen LogP contribution >= 0.6 is 19.6 Å². The van der Waals surface area contributed by atoms with E-state index in [9.17, 15) is 9.36 Å². The predicted molar refractivity (Wildman–Crippen MR) is 98.4 cm³/mol. The minimum absolute atomic E-state index is 0.0640. The number of phosphoric acid groups is 1. The monoisotopic (exact) mass is 395 g/mol. The molecular formula is C17H18NO6PS. The molecule has 0 fully saturated rings. The lowest BCUT2D eigenvalue weighted by Crippen LogP contribution is -2.53. The highest BCUT2D eigenvalue weighted by atomic mass is 32.2. The van der Waals surface area contributed by atoms with Crippen LogP contribution in [0.5, 0.6) is 17.2 Å². The molecule has 2 heterocycles. The van der Waals surface area contributed by atoms with Crippen LogP contribution in [-0.2, 0) is 13.9 Å². The van der Waals surface area contributed by atoms with E-state index in [0.29, 0.717) is 5.75 Å². The van der Waals surface area contributed by atoms with Crippen molar-refractivity contribution < 1.29 is 27.7 Å². The Labute approximate surface area is 155 Å². The average Bonchev–Trinajstić information content (AvgIpc) is 2.61. The molecule has 26 heavy (non-hydrogen) atoms. The van der Waals surface area contributed by atoms with E-state index in [4.69, 9.17) is 24.0 Å². The summed E-state index contributed by atoms with van der Waals surface area (Å²) in [7, 11) is -4.28. The van der Waals surface area contributed by atoms with Crippen LogP contribution in [0.3, 0.4) is 0 Å². The maximum Gasteiger partial charge on any atom is 0.589 e. The minimum atomic E-state index is -4.28. The van der Waals surface area contributed by atoms with Gasteiger partial charge in [-0.3, -0.25) is 5.73 Å². The van der Waals surface area contributed by atoms with E-state index in [1.807, 2.05) is 6.26 Å². The maximum atomic E-state index is 13.3. The average molecular weight is 395 g/mol. The van der Waals surface area contributed by atoms with Gasteiger partial charge < -0.3 is 13.8 Å². The first kappa shape index (κ1) is 18.8. The number of carbonyl (C=O) groups is 1. The Hall–Kier alpha value is -1.99. The summed E-state index contributed by atoms with van der Waals surface area (Å²) in [5.41, 5.74) is 4.14. The number of phosphoric ester groups is 1. The molecule has 2 aromatic carbocycles. The number of hydrogen-bond acceptors (Lipinski definition) is 8. The van der Waals surface area contributed by atoms with Crippen molar-refractivity contribution in [3.8, 4) is 17.2 Å². The van der Waals surface area contributed by atoms with Crippen LogP contribution in [0.1, 0.15) is 6.42 Å². The van der Waals surface area contributed by atoms with Gasteiger partial charge in [-0.25, -0.2) is 13.9 Å². The Balaban J connectivity index is 2.00. The molecule has 2 aromatic rings. The number of esters is 1. The topological polar surface area (TPSA) is 97.1 Å². The second kappa shape index (κ2) is 7.72. The number of para-hydroxylation sites is 1. The van der Waals surface area contributed by atoms with E-state index in [1.54, 1.807) is 30.3 Å². The summed E-state index contributed by atoms with van der Waals surface area (Å²) in [6.45, 7) is 0. The maximum absolute atomic E-state index is 13.3. The predicted octanol–water partition coefficient (Wildman–Crippen LogP) is 3.60. The van der Waals surface area contributed by atoms with E-state index >= 15 is 0 Å². The highest BCUT2D eigenvalue weighted by molar-refractivity contribution is 7.98. The summed E-state index contributed by atoms with van der Waals surface area (Å²) in [5, 5.41) is 0. The van der Waals surface area contributed by atoms with Crippen LogP contribution in [0.25, 0.3) is 0 Å². The van der Waals surface area contributed by atoms with Gasteiger partial charge in [-0.15, -0.1) is 0 Å². The van der Waals surface area contributed by atoms with Gasteiger partial charge in [-0.1, -0.05) is 18.2 Å². The largest absolute Gasteiger partial charge is 0.589 e. The van der Waals surface area contributed by atoms with Crippen LogP contribution < -0.4 is 19.5 Å². The lowest BCUT2D eigenvalue weighted by Gasteiger charge is -2.31. The van der Waals surface area contributed by atoms with Crippen LogP contribution in [0.4, 0.5) is 0 Å². The first-order valence-corrected chi connectivity index (χ1v) is 10.6. The van der Waals surface area contributed by atoms with E-state index in [-0.39, 0.29) is 23.7 Å². The van der Waals surface area contributed by atoms with Crippen molar-refractivity contribution in [3.63, 3.8) is 0 Å². The first-order chi connectivity index (χ1) is 12.4. The molecular weight excluding hydrogens is 377 g/mol. The van der Waals surface area contributed by atoms with Crippen molar-refractivity contribution in [1.29, 1.82) is 0 Å². The van der Waals surface area contributed by atoms with Gasteiger partial charge in [-0.05, 0) is 48.4 Å². The summed E-state index contributed by atoms with van der Waals surface area (Å²) in [6.07, 6.45) is 1.91. The zero-order valence-corrected chi connectivity index (χ0v) is 15.7. The molecule has 138 valence electrons. The third kappa shape index (κ3) is 4.40.